The van der Waals surface area contributed by atoms with Crippen LogP contribution in [0.4, 0.5) is 5.69 Å². The van der Waals surface area contributed by atoms with Crippen LogP contribution in [0.15, 0.2) is 30.4 Å². The molecule has 0 aliphatic carbocycles. The van der Waals surface area contributed by atoms with Gasteiger partial charge in [-0.05, 0) is 36.6 Å². The van der Waals surface area contributed by atoms with E-state index >= 15 is 0 Å². The third kappa shape index (κ3) is 2.16. The van der Waals surface area contributed by atoms with Crippen molar-refractivity contribution in [1.29, 1.82) is 0 Å². The molecule has 0 spiro atoms. The Kier molecular flexibility index (Phi) is 3.09. The summed E-state index contributed by atoms with van der Waals surface area (Å²) >= 11 is 0. The van der Waals surface area contributed by atoms with E-state index in [0.29, 0.717) is 6.42 Å². The van der Waals surface area contributed by atoms with Crippen molar-refractivity contribution in [2.75, 3.05) is 11.9 Å². The van der Waals surface area contributed by atoms with Crippen molar-refractivity contribution < 1.29 is 4.79 Å². The first-order chi connectivity index (χ1) is 7.70. The highest BCUT2D eigenvalue weighted by atomic mass is 16.1. The molecule has 1 N–H and O–H groups in total. The maximum atomic E-state index is 11.9. The number of fused-ring (bicyclic) bond motifs is 1. The lowest BCUT2D eigenvalue weighted by Crippen LogP contribution is -2.00. The molecule has 2 nitrogen and oxygen atoms in total. The van der Waals surface area contributed by atoms with Gasteiger partial charge < -0.3 is 5.32 Å². The Labute approximate surface area is 96.4 Å². The van der Waals surface area contributed by atoms with E-state index in [1.807, 2.05) is 25.1 Å². The predicted molar refractivity (Wildman–Crippen MR) is 67.0 cm³/mol. The van der Waals surface area contributed by atoms with Crippen molar-refractivity contribution in [3.8, 4) is 0 Å². The number of hydrogen-bond acceptors (Lipinski definition) is 2. The van der Waals surface area contributed by atoms with Crippen LogP contribution in [-0.2, 0) is 6.42 Å². The molecule has 0 unspecified atom stereocenters. The van der Waals surface area contributed by atoms with Gasteiger partial charge in [0.1, 0.15) is 0 Å². The smallest absolute Gasteiger partial charge is 0.166 e. The van der Waals surface area contributed by atoms with Gasteiger partial charge >= 0.3 is 0 Å². The first-order valence-corrected chi connectivity index (χ1v) is 5.77. The van der Waals surface area contributed by atoms with Crippen molar-refractivity contribution in [3.05, 3.63) is 41.5 Å². The minimum atomic E-state index is 0.182. The highest BCUT2D eigenvalue weighted by Gasteiger charge is 2.13. The SMILES string of the molecule is C=C(CC)CC(=O)c1ccc2c(c1)CCN2. The summed E-state index contributed by atoms with van der Waals surface area (Å²) in [6, 6.07) is 5.92. The van der Waals surface area contributed by atoms with Crippen LogP contribution in [0.5, 0.6) is 0 Å². The summed E-state index contributed by atoms with van der Waals surface area (Å²) in [7, 11) is 0. The lowest BCUT2D eigenvalue weighted by atomic mass is 10.00. The number of allylic oxidation sites excluding steroid dienone is 1. The third-order valence-electron chi connectivity index (χ3n) is 3.05. The molecule has 0 bridgehead atoms. The first-order valence-electron chi connectivity index (χ1n) is 5.77. The number of rotatable bonds is 4. The summed E-state index contributed by atoms with van der Waals surface area (Å²) in [5.41, 5.74) is 4.25. The Hall–Kier alpha value is -1.57. The fourth-order valence-electron chi connectivity index (χ4n) is 1.93. The number of Topliss-reactive ketones (excluding diaryl/α,β-unsaturated/α-hetero) is 1. The largest absolute Gasteiger partial charge is 0.384 e. The van der Waals surface area contributed by atoms with Crippen molar-refractivity contribution in [2.24, 2.45) is 0 Å². The minimum Gasteiger partial charge on any atom is -0.384 e. The van der Waals surface area contributed by atoms with Crippen molar-refractivity contribution >= 4 is 11.5 Å². The topological polar surface area (TPSA) is 29.1 Å². The summed E-state index contributed by atoms with van der Waals surface area (Å²) < 4.78 is 0. The molecule has 0 saturated heterocycles. The number of benzene rings is 1. The van der Waals surface area contributed by atoms with E-state index < -0.39 is 0 Å². The fourth-order valence-corrected chi connectivity index (χ4v) is 1.93. The normalized spacial score (nSPS) is 13.1. The van der Waals surface area contributed by atoms with Crippen LogP contribution in [0.3, 0.4) is 0 Å². The standard InChI is InChI=1S/C14H17NO/c1-3-10(2)8-14(16)12-4-5-13-11(9-12)6-7-15-13/h4-5,9,15H,2-3,6-8H2,1H3. The van der Waals surface area contributed by atoms with E-state index in [-0.39, 0.29) is 5.78 Å². The monoisotopic (exact) mass is 215 g/mol. The minimum absolute atomic E-state index is 0.182. The molecule has 0 radical (unpaired) electrons. The van der Waals surface area contributed by atoms with Crippen LogP contribution >= 0.6 is 0 Å². The summed E-state index contributed by atoms with van der Waals surface area (Å²) in [4.78, 5) is 11.9. The number of carbonyl (C=O) groups excluding carboxylic acids is 1. The van der Waals surface area contributed by atoms with Crippen molar-refractivity contribution in [3.63, 3.8) is 0 Å². The van der Waals surface area contributed by atoms with E-state index in [0.717, 1.165) is 30.5 Å². The van der Waals surface area contributed by atoms with Gasteiger partial charge in [0.05, 0.1) is 0 Å². The zero-order chi connectivity index (χ0) is 11.5. The van der Waals surface area contributed by atoms with E-state index in [9.17, 15) is 4.79 Å². The molecule has 0 aromatic heterocycles. The molecule has 0 amide bonds. The van der Waals surface area contributed by atoms with Gasteiger partial charge in [-0.3, -0.25) is 4.79 Å². The van der Waals surface area contributed by atoms with Crippen LogP contribution in [0.25, 0.3) is 0 Å². The van der Waals surface area contributed by atoms with Crippen molar-refractivity contribution in [1.82, 2.24) is 0 Å². The van der Waals surface area contributed by atoms with Gasteiger partial charge in [-0.25, -0.2) is 0 Å². The second-order valence-corrected chi connectivity index (χ2v) is 4.25. The van der Waals surface area contributed by atoms with E-state index in [1.54, 1.807) is 0 Å². The molecule has 1 aromatic carbocycles. The number of carbonyl (C=O) groups is 1. The highest BCUT2D eigenvalue weighted by Crippen LogP contribution is 2.24. The van der Waals surface area contributed by atoms with Gasteiger partial charge in [0.25, 0.3) is 0 Å². The average Bonchev–Trinajstić information content (AvgIpc) is 2.75. The second-order valence-electron chi connectivity index (χ2n) is 4.25. The molecule has 2 rings (SSSR count). The van der Waals surface area contributed by atoms with Crippen LogP contribution in [-0.4, -0.2) is 12.3 Å². The van der Waals surface area contributed by atoms with Crippen LogP contribution in [0.2, 0.25) is 0 Å². The van der Waals surface area contributed by atoms with E-state index in [1.165, 1.54) is 11.3 Å². The van der Waals surface area contributed by atoms with Gasteiger partial charge in [0.2, 0.25) is 0 Å². The number of anilines is 1. The maximum Gasteiger partial charge on any atom is 0.166 e. The zero-order valence-corrected chi connectivity index (χ0v) is 9.68. The summed E-state index contributed by atoms with van der Waals surface area (Å²) in [6.45, 7) is 6.89. The third-order valence-corrected chi connectivity index (χ3v) is 3.05. The number of hydrogen-bond donors (Lipinski definition) is 1. The quantitative estimate of drug-likeness (QED) is 0.617. The fraction of sp³-hybridized carbons (Fsp3) is 0.357. The lowest BCUT2D eigenvalue weighted by molar-refractivity contribution is 0.0992. The number of nitrogens with one attached hydrogen (secondary N) is 1. The molecule has 1 aliphatic heterocycles. The Bertz CT molecular complexity index is 434. The molecule has 1 aliphatic rings. The molecule has 1 heterocycles. The van der Waals surface area contributed by atoms with Crippen LogP contribution in [0, 0.1) is 0 Å². The van der Waals surface area contributed by atoms with Gasteiger partial charge in [-0.2, -0.15) is 0 Å². The van der Waals surface area contributed by atoms with Gasteiger partial charge in [0, 0.05) is 24.2 Å². The summed E-state index contributed by atoms with van der Waals surface area (Å²) in [5.74, 6) is 0.182. The molecular weight excluding hydrogens is 198 g/mol. The number of ketones is 1. The molecule has 1 aromatic rings. The molecule has 84 valence electrons. The molecule has 2 heteroatoms. The molecule has 0 atom stereocenters. The Morgan fingerprint density at radius 3 is 3.06 bits per heavy atom. The molecular formula is C14H17NO. The van der Waals surface area contributed by atoms with Gasteiger partial charge in [-0.1, -0.05) is 19.1 Å². The highest BCUT2D eigenvalue weighted by molar-refractivity contribution is 5.98. The Morgan fingerprint density at radius 1 is 1.50 bits per heavy atom. The summed E-state index contributed by atoms with van der Waals surface area (Å²) in [5, 5.41) is 3.29. The maximum absolute atomic E-state index is 11.9. The Morgan fingerprint density at radius 2 is 2.31 bits per heavy atom. The molecule has 0 saturated carbocycles. The summed E-state index contributed by atoms with van der Waals surface area (Å²) in [6.07, 6.45) is 2.37. The molecule has 16 heavy (non-hydrogen) atoms. The van der Waals surface area contributed by atoms with E-state index in [4.69, 9.17) is 0 Å². The second kappa shape index (κ2) is 4.52. The predicted octanol–water partition coefficient (Wildman–Crippen LogP) is 3.19. The van der Waals surface area contributed by atoms with E-state index in [2.05, 4.69) is 11.9 Å². The average molecular weight is 215 g/mol. The Balaban J connectivity index is 2.15. The van der Waals surface area contributed by atoms with Crippen molar-refractivity contribution in [2.45, 2.75) is 26.2 Å². The lowest BCUT2D eigenvalue weighted by Gasteiger charge is -2.05. The molecule has 0 fully saturated rings. The zero-order valence-electron chi connectivity index (χ0n) is 9.68. The van der Waals surface area contributed by atoms with Crippen LogP contribution < -0.4 is 5.32 Å². The first kappa shape index (κ1) is 10.9. The van der Waals surface area contributed by atoms with Gasteiger partial charge in [0.15, 0.2) is 5.78 Å². The van der Waals surface area contributed by atoms with Crippen LogP contribution in [0.1, 0.15) is 35.7 Å². The van der Waals surface area contributed by atoms with Gasteiger partial charge in [-0.15, -0.1) is 0 Å².